The molecule has 0 aromatic heterocycles. The molecule has 3 aromatic carbocycles. The van der Waals surface area contributed by atoms with Crippen LogP contribution in [0.25, 0.3) is 0 Å². The Morgan fingerprint density at radius 2 is 1.74 bits per heavy atom. The Morgan fingerprint density at radius 3 is 2.37 bits per heavy atom. The van der Waals surface area contributed by atoms with Crippen LogP contribution in [0.2, 0.25) is 5.02 Å². The summed E-state index contributed by atoms with van der Waals surface area (Å²) in [4.78, 5) is 12.8. The van der Waals surface area contributed by atoms with Gasteiger partial charge in [0.15, 0.2) is 0 Å². The molecular formula is C25H26ClN3O5S. The molecule has 3 aromatic rings. The number of amides is 1. The van der Waals surface area contributed by atoms with E-state index >= 15 is 0 Å². The maximum Gasteiger partial charge on any atom is 0.264 e. The SMILES string of the molecule is COc1ccc(/C=N\NC(=O)CN(c2ccc(C)c(Cl)c2)S(=O)(=O)c2ccc(C)cc2)c(OC)c1. The van der Waals surface area contributed by atoms with Gasteiger partial charge < -0.3 is 9.47 Å². The number of halogens is 1. The third-order valence-corrected chi connectivity index (χ3v) is 7.37. The fourth-order valence-corrected chi connectivity index (χ4v) is 4.74. The Bertz CT molecular complexity index is 1340. The van der Waals surface area contributed by atoms with Crippen molar-refractivity contribution in [3.63, 3.8) is 0 Å². The highest BCUT2D eigenvalue weighted by molar-refractivity contribution is 7.92. The van der Waals surface area contributed by atoms with Gasteiger partial charge in [0.1, 0.15) is 18.0 Å². The summed E-state index contributed by atoms with van der Waals surface area (Å²) in [5.41, 5.74) is 4.93. The van der Waals surface area contributed by atoms with Crippen LogP contribution in [-0.2, 0) is 14.8 Å². The number of benzene rings is 3. The van der Waals surface area contributed by atoms with Crippen LogP contribution in [0.1, 0.15) is 16.7 Å². The molecule has 0 aliphatic rings. The van der Waals surface area contributed by atoms with Gasteiger partial charge in [0.2, 0.25) is 0 Å². The number of hydrogen-bond donors (Lipinski definition) is 1. The predicted octanol–water partition coefficient (Wildman–Crippen LogP) is 4.32. The smallest absolute Gasteiger partial charge is 0.264 e. The molecule has 0 aliphatic heterocycles. The van der Waals surface area contributed by atoms with Crippen molar-refractivity contribution in [2.24, 2.45) is 5.10 Å². The summed E-state index contributed by atoms with van der Waals surface area (Å²) >= 11 is 6.25. The second-order valence-corrected chi connectivity index (χ2v) is 9.93. The summed E-state index contributed by atoms with van der Waals surface area (Å²) in [6, 6.07) is 16.3. The Morgan fingerprint density at radius 1 is 1.03 bits per heavy atom. The first-order valence-corrected chi connectivity index (χ1v) is 12.4. The largest absolute Gasteiger partial charge is 0.497 e. The van der Waals surface area contributed by atoms with E-state index in [0.717, 1.165) is 15.4 Å². The van der Waals surface area contributed by atoms with Crippen LogP contribution < -0.4 is 19.2 Å². The van der Waals surface area contributed by atoms with Crippen molar-refractivity contribution >= 4 is 39.4 Å². The minimum absolute atomic E-state index is 0.0547. The number of sulfonamides is 1. The van der Waals surface area contributed by atoms with Gasteiger partial charge in [-0.3, -0.25) is 9.10 Å². The molecule has 0 heterocycles. The number of carbonyl (C=O) groups excluding carboxylic acids is 1. The minimum Gasteiger partial charge on any atom is -0.497 e. The first-order chi connectivity index (χ1) is 16.6. The molecule has 10 heteroatoms. The van der Waals surface area contributed by atoms with Crippen LogP contribution in [0, 0.1) is 13.8 Å². The first kappa shape index (κ1) is 26.1. The molecule has 184 valence electrons. The highest BCUT2D eigenvalue weighted by atomic mass is 35.5. The summed E-state index contributed by atoms with van der Waals surface area (Å²) in [5, 5.41) is 4.34. The second-order valence-electron chi connectivity index (χ2n) is 7.66. The molecule has 0 atom stereocenters. The van der Waals surface area contributed by atoms with Crippen LogP contribution in [-0.4, -0.2) is 41.3 Å². The number of hydrazone groups is 1. The van der Waals surface area contributed by atoms with E-state index in [1.54, 1.807) is 56.5 Å². The average molecular weight is 516 g/mol. The summed E-state index contributed by atoms with van der Waals surface area (Å²) in [5.74, 6) is 0.470. The average Bonchev–Trinajstić information content (AvgIpc) is 2.84. The van der Waals surface area contributed by atoms with E-state index in [2.05, 4.69) is 10.5 Å². The van der Waals surface area contributed by atoms with E-state index in [1.165, 1.54) is 31.5 Å². The van der Waals surface area contributed by atoms with E-state index in [0.29, 0.717) is 22.1 Å². The maximum atomic E-state index is 13.5. The van der Waals surface area contributed by atoms with E-state index in [9.17, 15) is 13.2 Å². The summed E-state index contributed by atoms with van der Waals surface area (Å²) < 4.78 is 38.4. The second kappa shape index (κ2) is 11.2. The van der Waals surface area contributed by atoms with E-state index in [4.69, 9.17) is 21.1 Å². The Hall–Kier alpha value is -3.56. The van der Waals surface area contributed by atoms with E-state index in [1.807, 2.05) is 6.92 Å². The van der Waals surface area contributed by atoms with Gasteiger partial charge in [-0.2, -0.15) is 5.10 Å². The quantitative estimate of drug-likeness (QED) is 0.338. The van der Waals surface area contributed by atoms with Crippen molar-refractivity contribution in [3.05, 3.63) is 82.4 Å². The Balaban J connectivity index is 1.86. The zero-order chi connectivity index (χ0) is 25.6. The summed E-state index contributed by atoms with van der Waals surface area (Å²) in [7, 11) is -1.02. The number of methoxy groups -OCH3 is 2. The number of anilines is 1. The summed E-state index contributed by atoms with van der Waals surface area (Å²) in [6.45, 7) is 3.16. The summed E-state index contributed by atoms with van der Waals surface area (Å²) in [6.07, 6.45) is 1.40. The number of aryl methyl sites for hydroxylation is 2. The zero-order valence-electron chi connectivity index (χ0n) is 19.8. The van der Waals surface area contributed by atoms with Crippen LogP contribution in [0.5, 0.6) is 11.5 Å². The third kappa shape index (κ3) is 6.32. The molecule has 0 radical (unpaired) electrons. The Labute approximate surface area is 210 Å². The van der Waals surface area contributed by atoms with E-state index in [-0.39, 0.29) is 10.6 Å². The van der Waals surface area contributed by atoms with Gasteiger partial charge in [0.05, 0.1) is 31.0 Å². The van der Waals surface area contributed by atoms with Crippen LogP contribution in [0.3, 0.4) is 0 Å². The van der Waals surface area contributed by atoms with Crippen molar-refractivity contribution < 1.29 is 22.7 Å². The molecule has 1 amide bonds. The fourth-order valence-electron chi connectivity index (χ4n) is 3.15. The van der Waals surface area contributed by atoms with Gasteiger partial charge in [0, 0.05) is 16.7 Å². The highest BCUT2D eigenvalue weighted by Crippen LogP contribution is 2.28. The zero-order valence-corrected chi connectivity index (χ0v) is 21.4. The molecule has 3 rings (SSSR count). The molecule has 35 heavy (non-hydrogen) atoms. The lowest BCUT2D eigenvalue weighted by Gasteiger charge is -2.24. The van der Waals surface area contributed by atoms with Crippen molar-refractivity contribution in [1.29, 1.82) is 0 Å². The van der Waals surface area contributed by atoms with Crippen molar-refractivity contribution in [2.75, 3.05) is 25.1 Å². The van der Waals surface area contributed by atoms with Crippen molar-refractivity contribution in [1.82, 2.24) is 5.43 Å². The number of rotatable bonds is 9. The van der Waals surface area contributed by atoms with Crippen LogP contribution in [0.4, 0.5) is 5.69 Å². The lowest BCUT2D eigenvalue weighted by Crippen LogP contribution is -2.39. The van der Waals surface area contributed by atoms with Gasteiger partial charge in [-0.05, 0) is 55.8 Å². The van der Waals surface area contributed by atoms with Gasteiger partial charge in [0.25, 0.3) is 15.9 Å². The molecule has 0 bridgehead atoms. The van der Waals surface area contributed by atoms with Gasteiger partial charge in [-0.1, -0.05) is 35.4 Å². The molecule has 8 nitrogen and oxygen atoms in total. The van der Waals surface area contributed by atoms with Gasteiger partial charge in [-0.15, -0.1) is 0 Å². The minimum atomic E-state index is -4.06. The van der Waals surface area contributed by atoms with Gasteiger partial charge >= 0.3 is 0 Å². The molecule has 0 saturated carbocycles. The molecular weight excluding hydrogens is 490 g/mol. The lowest BCUT2D eigenvalue weighted by molar-refractivity contribution is -0.119. The molecule has 0 unspecified atom stereocenters. The molecule has 0 fully saturated rings. The lowest BCUT2D eigenvalue weighted by atomic mass is 10.2. The maximum absolute atomic E-state index is 13.5. The monoisotopic (exact) mass is 515 g/mol. The number of hydrogen-bond acceptors (Lipinski definition) is 6. The number of ether oxygens (including phenoxy) is 2. The molecule has 0 spiro atoms. The number of nitrogens with one attached hydrogen (secondary N) is 1. The third-order valence-electron chi connectivity index (χ3n) is 5.17. The standard InChI is InChI=1S/C25H26ClN3O5S/c1-17-5-11-22(12-6-17)35(31,32)29(20-9-7-18(2)23(26)13-20)16-25(30)28-27-15-19-8-10-21(33-3)14-24(19)34-4/h5-15H,16H2,1-4H3,(H,28,30)/b27-15-. The number of nitrogens with zero attached hydrogens (tertiary/aromatic N) is 2. The van der Waals surface area contributed by atoms with Crippen molar-refractivity contribution in [3.8, 4) is 11.5 Å². The molecule has 0 saturated heterocycles. The molecule has 1 N–H and O–H groups in total. The highest BCUT2D eigenvalue weighted by Gasteiger charge is 2.27. The van der Waals surface area contributed by atoms with Gasteiger partial charge in [-0.25, -0.2) is 13.8 Å². The normalized spacial score (nSPS) is 11.3. The van der Waals surface area contributed by atoms with E-state index < -0.39 is 22.5 Å². The topological polar surface area (TPSA) is 97.3 Å². The fraction of sp³-hybridized carbons (Fsp3) is 0.200. The Kier molecular flexibility index (Phi) is 8.37. The van der Waals surface area contributed by atoms with Crippen LogP contribution >= 0.6 is 11.6 Å². The number of carbonyl (C=O) groups is 1. The van der Waals surface area contributed by atoms with Crippen molar-refractivity contribution in [2.45, 2.75) is 18.7 Å². The first-order valence-electron chi connectivity index (χ1n) is 10.5. The van der Waals surface area contributed by atoms with Crippen LogP contribution in [0.15, 0.2) is 70.7 Å². The molecule has 0 aliphatic carbocycles. The predicted molar refractivity (Wildman–Crippen MR) is 137 cm³/mol.